The van der Waals surface area contributed by atoms with Crippen molar-refractivity contribution in [2.24, 2.45) is 0 Å². The van der Waals surface area contributed by atoms with Crippen LogP contribution in [0, 0.1) is 0 Å². The Morgan fingerprint density at radius 1 is 1.09 bits per heavy atom. The van der Waals surface area contributed by atoms with Crippen LogP contribution in [0.5, 0.6) is 5.75 Å². The molecule has 1 heterocycles. The molecule has 0 radical (unpaired) electrons. The van der Waals surface area contributed by atoms with Gasteiger partial charge in [-0.2, -0.15) is 15.4 Å². The molecule has 1 atom stereocenters. The molecule has 1 unspecified atom stereocenters. The summed E-state index contributed by atoms with van der Waals surface area (Å²) < 4.78 is 11.0. The van der Waals surface area contributed by atoms with E-state index in [9.17, 15) is 14.8 Å². The number of nitrogens with zero attached hydrogens (tertiary/aromatic N) is 3. The number of benzene rings is 2. The highest BCUT2D eigenvalue weighted by Crippen LogP contribution is 2.28. The summed E-state index contributed by atoms with van der Waals surface area (Å²) >= 11 is 0. The number of carbonyl (C=O) groups excluding carboxylic acids is 1. The molecule has 3 rings (SSSR count). The van der Waals surface area contributed by atoms with Gasteiger partial charge in [0.25, 0.3) is 0 Å². The fraction of sp³-hybridized carbons (Fsp3) is 0.348. The number of nitrogens with one attached hydrogen (secondary N) is 1. The van der Waals surface area contributed by atoms with Crippen LogP contribution < -0.4 is 10.2 Å². The van der Waals surface area contributed by atoms with Crippen molar-refractivity contribution < 1.29 is 24.3 Å². The molecule has 0 saturated carbocycles. The van der Waals surface area contributed by atoms with Crippen LogP contribution in [-0.2, 0) is 17.7 Å². The Balaban J connectivity index is 1.95. The summed E-state index contributed by atoms with van der Waals surface area (Å²) in [6, 6.07) is 13.9. The lowest BCUT2D eigenvalue weighted by Gasteiger charge is -2.33. The number of rotatable bonds is 8. The number of amides is 1. The van der Waals surface area contributed by atoms with Crippen LogP contribution in [0.15, 0.2) is 54.7 Å². The zero-order valence-corrected chi connectivity index (χ0v) is 19.2. The number of H-pyrrole nitrogens is 1. The Bertz CT molecular complexity index is 1020. The standard InChI is InChI=1S/C23H29BN4O5/c1-23(2,3)33-22(29)28(15-17-5-9-18(10-6-17)24(30)31)21(20-14-25-27-26-20)13-16-7-11-19(32-4)12-8-16/h5-12,14,21,30-31H,13,15H2,1-4H3,(H,25,26,27). The predicted octanol–water partition coefficient (Wildman–Crippen LogP) is 2.21. The van der Waals surface area contributed by atoms with E-state index in [-0.39, 0.29) is 6.54 Å². The normalized spacial score (nSPS) is 12.2. The first-order valence-electron chi connectivity index (χ1n) is 10.6. The van der Waals surface area contributed by atoms with Crippen molar-refractivity contribution in [2.75, 3.05) is 7.11 Å². The maximum atomic E-state index is 13.3. The minimum atomic E-state index is -1.56. The second-order valence-corrected chi connectivity index (χ2v) is 8.69. The van der Waals surface area contributed by atoms with Crippen LogP contribution in [0.4, 0.5) is 4.79 Å². The lowest BCUT2D eigenvalue weighted by Crippen LogP contribution is -2.40. The monoisotopic (exact) mass is 452 g/mol. The summed E-state index contributed by atoms with van der Waals surface area (Å²) in [5.41, 5.74) is 2.06. The second kappa shape index (κ2) is 10.5. The summed E-state index contributed by atoms with van der Waals surface area (Å²) in [6.45, 7) is 5.67. The van der Waals surface area contributed by atoms with Gasteiger partial charge in [-0.1, -0.05) is 36.4 Å². The lowest BCUT2D eigenvalue weighted by atomic mass is 9.80. The number of methoxy groups -OCH3 is 1. The molecule has 0 spiro atoms. The quantitative estimate of drug-likeness (QED) is 0.448. The summed E-state index contributed by atoms with van der Waals surface area (Å²) in [5.74, 6) is 0.742. The fourth-order valence-electron chi connectivity index (χ4n) is 3.34. The van der Waals surface area contributed by atoms with Gasteiger partial charge in [0.2, 0.25) is 0 Å². The second-order valence-electron chi connectivity index (χ2n) is 8.69. The number of hydrogen-bond donors (Lipinski definition) is 3. The van der Waals surface area contributed by atoms with Gasteiger partial charge in [-0.15, -0.1) is 0 Å². The molecule has 3 aromatic rings. The zero-order chi connectivity index (χ0) is 24.0. The Kier molecular flexibility index (Phi) is 7.73. The molecule has 10 heteroatoms. The van der Waals surface area contributed by atoms with E-state index in [4.69, 9.17) is 9.47 Å². The van der Waals surface area contributed by atoms with E-state index in [1.54, 1.807) is 42.5 Å². The smallest absolute Gasteiger partial charge is 0.488 e. The van der Waals surface area contributed by atoms with Crippen molar-refractivity contribution in [3.63, 3.8) is 0 Å². The first-order chi connectivity index (χ1) is 15.7. The van der Waals surface area contributed by atoms with E-state index < -0.39 is 24.9 Å². The third kappa shape index (κ3) is 6.81. The summed E-state index contributed by atoms with van der Waals surface area (Å²) in [7, 11) is 0.0531. The van der Waals surface area contributed by atoms with Crippen molar-refractivity contribution in [3.05, 3.63) is 71.5 Å². The molecule has 0 fully saturated rings. The highest BCUT2D eigenvalue weighted by atomic mass is 16.6. The van der Waals surface area contributed by atoms with Crippen LogP contribution in [-0.4, -0.2) is 56.3 Å². The molecule has 1 amide bonds. The molecule has 0 aliphatic rings. The predicted molar refractivity (Wildman–Crippen MR) is 124 cm³/mol. The van der Waals surface area contributed by atoms with Crippen molar-refractivity contribution in [3.8, 4) is 5.75 Å². The Labute approximate surface area is 193 Å². The largest absolute Gasteiger partial charge is 0.497 e. The number of hydrogen-bond acceptors (Lipinski definition) is 7. The molecule has 0 aliphatic heterocycles. The maximum absolute atomic E-state index is 13.3. The average molecular weight is 452 g/mol. The molecular formula is C23H29BN4O5. The fourth-order valence-corrected chi connectivity index (χ4v) is 3.34. The van der Waals surface area contributed by atoms with E-state index in [1.165, 1.54) is 0 Å². The van der Waals surface area contributed by atoms with E-state index in [1.807, 2.05) is 45.0 Å². The van der Waals surface area contributed by atoms with Crippen molar-refractivity contribution in [1.82, 2.24) is 20.3 Å². The molecule has 1 aromatic heterocycles. The number of aromatic nitrogens is 3. The molecular weight excluding hydrogens is 423 g/mol. The molecule has 3 N–H and O–H groups in total. The Morgan fingerprint density at radius 2 is 1.73 bits per heavy atom. The number of carbonyl (C=O) groups is 1. The number of aromatic amines is 1. The van der Waals surface area contributed by atoms with E-state index in [2.05, 4.69) is 15.4 Å². The van der Waals surface area contributed by atoms with Crippen LogP contribution in [0.25, 0.3) is 0 Å². The minimum Gasteiger partial charge on any atom is -0.497 e. The summed E-state index contributed by atoms with van der Waals surface area (Å²) in [5, 5.41) is 29.6. The van der Waals surface area contributed by atoms with Crippen LogP contribution in [0.1, 0.15) is 43.6 Å². The van der Waals surface area contributed by atoms with Gasteiger partial charge < -0.3 is 19.5 Å². The lowest BCUT2D eigenvalue weighted by molar-refractivity contribution is 0.0131. The van der Waals surface area contributed by atoms with E-state index in [0.717, 1.165) is 16.9 Å². The zero-order valence-electron chi connectivity index (χ0n) is 19.2. The van der Waals surface area contributed by atoms with Crippen molar-refractivity contribution >= 4 is 18.7 Å². The summed E-state index contributed by atoms with van der Waals surface area (Å²) in [4.78, 5) is 14.9. The molecule has 9 nitrogen and oxygen atoms in total. The van der Waals surface area contributed by atoms with Gasteiger partial charge in [0.05, 0.1) is 19.3 Å². The van der Waals surface area contributed by atoms with Gasteiger partial charge in [0, 0.05) is 6.54 Å². The third-order valence-electron chi connectivity index (χ3n) is 5.00. The SMILES string of the molecule is COc1ccc(CC(c2cn[nH]n2)N(Cc2ccc(B(O)O)cc2)C(=O)OC(C)(C)C)cc1. The van der Waals surface area contributed by atoms with Gasteiger partial charge in [-0.25, -0.2) is 4.79 Å². The highest BCUT2D eigenvalue weighted by Gasteiger charge is 2.31. The average Bonchev–Trinajstić information content (AvgIpc) is 3.30. The van der Waals surface area contributed by atoms with Gasteiger partial charge >= 0.3 is 13.2 Å². The van der Waals surface area contributed by atoms with E-state index in [0.29, 0.717) is 17.6 Å². The third-order valence-corrected chi connectivity index (χ3v) is 5.00. The van der Waals surface area contributed by atoms with Gasteiger partial charge in [0.1, 0.15) is 17.0 Å². The molecule has 0 aliphatic carbocycles. The first-order valence-corrected chi connectivity index (χ1v) is 10.6. The van der Waals surface area contributed by atoms with Crippen LogP contribution in [0.2, 0.25) is 0 Å². The molecule has 174 valence electrons. The van der Waals surface area contributed by atoms with Crippen LogP contribution >= 0.6 is 0 Å². The topological polar surface area (TPSA) is 121 Å². The van der Waals surface area contributed by atoms with Crippen LogP contribution in [0.3, 0.4) is 0 Å². The van der Waals surface area contributed by atoms with Gasteiger partial charge in [-0.3, -0.25) is 4.90 Å². The molecule has 2 aromatic carbocycles. The van der Waals surface area contributed by atoms with Crippen molar-refractivity contribution in [2.45, 2.75) is 45.4 Å². The maximum Gasteiger partial charge on any atom is 0.488 e. The summed E-state index contributed by atoms with van der Waals surface area (Å²) in [6.07, 6.45) is 1.58. The molecule has 33 heavy (non-hydrogen) atoms. The Morgan fingerprint density at radius 3 is 2.24 bits per heavy atom. The van der Waals surface area contributed by atoms with Gasteiger partial charge in [-0.05, 0) is 55.9 Å². The van der Waals surface area contributed by atoms with Crippen molar-refractivity contribution in [1.29, 1.82) is 0 Å². The van der Waals surface area contributed by atoms with E-state index >= 15 is 0 Å². The first kappa shape index (κ1) is 24.3. The highest BCUT2D eigenvalue weighted by molar-refractivity contribution is 6.58. The Hall–Kier alpha value is -3.37. The number of ether oxygens (including phenoxy) is 2. The molecule has 0 saturated heterocycles. The van der Waals surface area contributed by atoms with Gasteiger partial charge in [0.15, 0.2) is 0 Å². The minimum absolute atomic E-state index is 0.227. The molecule has 0 bridgehead atoms.